The van der Waals surface area contributed by atoms with Crippen LogP contribution in [-0.2, 0) is 0 Å². The number of hydrogen-bond donors (Lipinski definition) is 1. The Labute approximate surface area is 161 Å². The number of nitrogens with one attached hydrogen (secondary N) is 1. The van der Waals surface area contributed by atoms with E-state index in [4.69, 9.17) is 4.74 Å². The SMILES string of the molecule is CCCOc1ccc(C(=O)N2CCN(C(=O)NC3CCCCC3)CC2)cc1. The van der Waals surface area contributed by atoms with Crippen molar-refractivity contribution in [3.63, 3.8) is 0 Å². The molecule has 0 unspecified atom stereocenters. The lowest BCUT2D eigenvalue weighted by Crippen LogP contribution is -2.54. The monoisotopic (exact) mass is 373 g/mol. The van der Waals surface area contributed by atoms with Crippen LogP contribution in [0, 0.1) is 0 Å². The summed E-state index contributed by atoms with van der Waals surface area (Å²) in [5.41, 5.74) is 0.666. The summed E-state index contributed by atoms with van der Waals surface area (Å²) in [6.07, 6.45) is 6.81. The summed E-state index contributed by atoms with van der Waals surface area (Å²) in [5.74, 6) is 0.807. The van der Waals surface area contributed by atoms with E-state index in [1.54, 1.807) is 0 Å². The molecule has 148 valence electrons. The van der Waals surface area contributed by atoms with Crippen LogP contribution < -0.4 is 10.1 Å². The number of benzene rings is 1. The molecule has 6 heteroatoms. The normalized spacial score (nSPS) is 18.3. The predicted molar refractivity (Wildman–Crippen MR) is 105 cm³/mol. The maximum atomic E-state index is 12.7. The first-order chi connectivity index (χ1) is 13.2. The molecule has 1 saturated carbocycles. The summed E-state index contributed by atoms with van der Waals surface area (Å²) >= 11 is 0. The van der Waals surface area contributed by atoms with Gasteiger partial charge in [-0.3, -0.25) is 4.79 Å². The number of carbonyl (C=O) groups is 2. The molecule has 0 atom stereocenters. The van der Waals surface area contributed by atoms with Crippen LogP contribution in [-0.4, -0.2) is 60.6 Å². The minimum atomic E-state index is 0.0179. The largest absolute Gasteiger partial charge is 0.494 e. The molecule has 3 rings (SSSR count). The molecule has 27 heavy (non-hydrogen) atoms. The molecule has 2 aliphatic rings. The molecule has 1 N–H and O–H groups in total. The number of hydrogen-bond acceptors (Lipinski definition) is 3. The van der Waals surface area contributed by atoms with E-state index in [1.165, 1.54) is 19.3 Å². The van der Waals surface area contributed by atoms with Crippen LogP contribution in [0.15, 0.2) is 24.3 Å². The van der Waals surface area contributed by atoms with Crippen molar-refractivity contribution in [2.45, 2.75) is 51.5 Å². The van der Waals surface area contributed by atoms with E-state index >= 15 is 0 Å². The standard InChI is InChI=1S/C21H31N3O3/c1-2-16-27-19-10-8-17(9-11-19)20(25)23-12-14-24(15-13-23)21(26)22-18-6-4-3-5-7-18/h8-11,18H,2-7,12-16H2,1H3,(H,22,26). The van der Waals surface area contributed by atoms with Gasteiger partial charge in [-0.1, -0.05) is 26.2 Å². The molecule has 0 radical (unpaired) electrons. The van der Waals surface area contributed by atoms with E-state index < -0.39 is 0 Å². The second-order valence-electron chi connectivity index (χ2n) is 7.44. The average molecular weight is 373 g/mol. The van der Waals surface area contributed by atoms with Gasteiger partial charge in [-0.05, 0) is 43.5 Å². The Bertz CT molecular complexity index is 618. The van der Waals surface area contributed by atoms with E-state index in [0.29, 0.717) is 44.4 Å². The fourth-order valence-corrected chi connectivity index (χ4v) is 3.72. The Kier molecular flexibility index (Phi) is 6.96. The molecule has 1 saturated heterocycles. The van der Waals surface area contributed by atoms with Gasteiger partial charge < -0.3 is 19.9 Å². The number of nitrogens with zero attached hydrogens (tertiary/aromatic N) is 2. The molecule has 0 spiro atoms. The van der Waals surface area contributed by atoms with Crippen molar-refractivity contribution in [1.29, 1.82) is 0 Å². The second-order valence-corrected chi connectivity index (χ2v) is 7.44. The molecular formula is C21H31N3O3. The van der Waals surface area contributed by atoms with E-state index in [0.717, 1.165) is 25.0 Å². The molecule has 1 heterocycles. The summed E-state index contributed by atoms with van der Waals surface area (Å²) in [4.78, 5) is 28.8. The number of amides is 3. The van der Waals surface area contributed by atoms with Gasteiger partial charge in [0.15, 0.2) is 0 Å². The first-order valence-electron chi connectivity index (χ1n) is 10.2. The Balaban J connectivity index is 1.46. The lowest BCUT2D eigenvalue weighted by Gasteiger charge is -2.36. The molecule has 1 aliphatic carbocycles. The van der Waals surface area contributed by atoms with Gasteiger partial charge >= 0.3 is 6.03 Å². The summed E-state index contributed by atoms with van der Waals surface area (Å²) in [5, 5.41) is 3.16. The number of urea groups is 1. The number of rotatable bonds is 5. The first kappa shape index (κ1) is 19.5. The Hall–Kier alpha value is -2.24. The topological polar surface area (TPSA) is 61.9 Å². The smallest absolute Gasteiger partial charge is 0.317 e. The Morgan fingerprint density at radius 1 is 1.00 bits per heavy atom. The summed E-state index contributed by atoms with van der Waals surface area (Å²) < 4.78 is 5.56. The van der Waals surface area contributed by atoms with E-state index in [-0.39, 0.29) is 11.9 Å². The Morgan fingerprint density at radius 3 is 2.26 bits per heavy atom. The molecule has 0 aromatic heterocycles. The van der Waals surface area contributed by atoms with Gasteiger partial charge in [0.2, 0.25) is 0 Å². The highest BCUT2D eigenvalue weighted by Crippen LogP contribution is 2.18. The molecular weight excluding hydrogens is 342 g/mol. The molecule has 6 nitrogen and oxygen atoms in total. The maximum Gasteiger partial charge on any atom is 0.317 e. The van der Waals surface area contributed by atoms with Crippen molar-refractivity contribution in [1.82, 2.24) is 15.1 Å². The van der Waals surface area contributed by atoms with Crippen molar-refractivity contribution in [3.8, 4) is 5.75 Å². The highest BCUT2D eigenvalue weighted by molar-refractivity contribution is 5.94. The number of carbonyl (C=O) groups excluding carboxylic acids is 2. The van der Waals surface area contributed by atoms with Gasteiger partial charge in [0.1, 0.15) is 5.75 Å². The number of ether oxygens (including phenoxy) is 1. The van der Waals surface area contributed by atoms with Gasteiger partial charge in [-0.15, -0.1) is 0 Å². The summed E-state index contributed by atoms with van der Waals surface area (Å²) in [6.45, 7) is 5.06. The third-order valence-electron chi connectivity index (χ3n) is 5.36. The molecule has 2 fully saturated rings. The van der Waals surface area contributed by atoms with Crippen LogP contribution in [0.1, 0.15) is 55.8 Å². The van der Waals surface area contributed by atoms with Crippen molar-refractivity contribution in [3.05, 3.63) is 29.8 Å². The molecule has 3 amide bonds. The second kappa shape index (κ2) is 9.62. The van der Waals surface area contributed by atoms with Crippen LogP contribution >= 0.6 is 0 Å². The summed E-state index contributed by atoms with van der Waals surface area (Å²) in [7, 11) is 0. The van der Waals surface area contributed by atoms with Crippen LogP contribution in [0.2, 0.25) is 0 Å². The van der Waals surface area contributed by atoms with Gasteiger partial charge in [0, 0.05) is 37.8 Å². The van der Waals surface area contributed by atoms with Crippen molar-refractivity contribution >= 4 is 11.9 Å². The van der Waals surface area contributed by atoms with Crippen molar-refractivity contribution in [2.24, 2.45) is 0 Å². The highest BCUT2D eigenvalue weighted by atomic mass is 16.5. The van der Waals surface area contributed by atoms with Gasteiger partial charge in [0.05, 0.1) is 6.61 Å². The van der Waals surface area contributed by atoms with Crippen LogP contribution in [0.4, 0.5) is 4.79 Å². The maximum absolute atomic E-state index is 12.7. The average Bonchev–Trinajstić information content (AvgIpc) is 2.73. The third kappa shape index (κ3) is 5.37. The zero-order valence-electron chi connectivity index (χ0n) is 16.3. The quantitative estimate of drug-likeness (QED) is 0.862. The van der Waals surface area contributed by atoms with Gasteiger partial charge in [-0.25, -0.2) is 4.79 Å². The van der Waals surface area contributed by atoms with Crippen molar-refractivity contribution in [2.75, 3.05) is 32.8 Å². The van der Waals surface area contributed by atoms with Crippen LogP contribution in [0.25, 0.3) is 0 Å². The minimum Gasteiger partial charge on any atom is -0.494 e. The lowest BCUT2D eigenvalue weighted by molar-refractivity contribution is 0.0662. The van der Waals surface area contributed by atoms with Crippen LogP contribution in [0.5, 0.6) is 5.75 Å². The Morgan fingerprint density at radius 2 is 1.63 bits per heavy atom. The highest BCUT2D eigenvalue weighted by Gasteiger charge is 2.26. The van der Waals surface area contributed by atoms with Gasteiger partial charge in [-0.2, -0.15) is 0 Å². The van der Waals surface area contributed by atoms with E-state index in [9.17, 15) is 9.59 Å². The fourth-order valence-electron chi connectivity index (χ4n) is 3.72. The molecule has 1 aromatic carbocycles. The van der Waals surface area contributed by atoms with Crippen LogP contribution in [0.3, 0.4) is 0 Å². The molecule has 0 bridgehead atoms. The lowest BCUT2D eigenvalue weighted by atomic mass is 9.96. The predicted octanol–water partition coefficient (Wildman–Crippen LogP) is 3.28. The van der Waals surface area contributed by atoms with Crippen molar-refractivity contribution < 1.29 is 14.3 Å². The van der Waals surface area contributed by atoms with E-state index in [2.05, 4.69) is 12.2 Å². The molecule has 1 aliphatic heterocycles. The third-order valence-corrected chi connectivity index (χ3v) is 5.36. The van der Waals surface area contributed by atoms with E-state index in [1.807, 2.05) is 34.1 Å². The minimum absolute atomic E-state index is 0.0179. The number of piperazine rings is 1. The zero-order chi connectivity index (χ0) is 19.1. The molecule has 1 aromatic rings. The zero-order valence-corrected chi connectivity index (χ0v) is 16.3. The first-order valence-corrected chi connectivity index (χ1v) is 10.2. The fraction of sp³-hybridized carbons (Fsp3) is 0.619. The summed E-state index contributed by atoms with van der Waals surface area (Å²) in [6, 6.07) is 7.66. The van der Waals surface area contributed by atoms with Gasteiger partial charge in [0.25, 0.3) is 5.91 Å².